The van der Waals surface area contributed by atoms with Crippen LogP contribution in [0.3, 0.4) is 0 Å². The fourth-order valence-electron chi connectivity index (χ4n) is 4.28. The summed E-state index contributed by atoms with van der Waals surface area (Å²) in [6.45, 7) is 7.18. The van der Waals surface area contributed by atoms with Gasteiger partial charge in [-0.25, -0.2) is 4.98 Å². The SMILES string of the molecule is Cc1cc(CNC(=O)Cn2cnc3c2CCNC32CCOCC2)cc(C)n1. The van der Waals surface area contributed by atoms with Crippen molar-refractivity contribution in [2.24, 2.45) is 0 Å². The number of ether oxygens (including phenoxy) is 1. The number of carbonyl (C=O) groups is 1. The van der Waals surface area contributed by atoms with Gasteiger partial charge in [-0.05, 0) is 44.4 Å². The maximum atomic E-state index is 12.5. The highest BCUT2D eigenvalue weighted by atomic mass is 16.5. The quantitative estimate of drug-likeness (QED) is 0.851. The van der Waals surface area contributed by atoms with Crippen LogP contribution in [0.4, 0.5) is 0 Å². The first-order valence-electron chi connectivity index (χ1n) is 9.64. The second-order valence-electron chi connectivity index (χ2n) is 7.57. The van der Waals surface area contributed by atoms with Crippen LogP contribution in [-0.2, 0) is 34.6 Å². The van der Waals surface area contributed by atoms with Crippen molar-refractivity contribution in [3.8, 4) is 0 Å². The van der Waals surface area contributed by atoms with Gasteiger partial charge in [0.1, 0.15) is 6.54 Å². The fraction of sp³-hybridized carbons (Fsp3) is 0.550. The molecule has 4 heterocycles. The highest BCUT2D eigenvalue weighted by Gasteiger charge is 2.40. The molecule has 0 unspecified atom stereocenters. The van der Waals surface area contributed by atoms with E-state index in [1.165, 1.54) is 5.69 Å². The number of carbonyl (C=O) groups excluding carboxylic acids is 1. The van der Waals surface area contributed by atoms with E-state index < -0.39 is 0 Å². The molecule has 2 N–H and O–H groups in total. The third-order valence-electron chi connectivity index (χ3n) is 5.52. The average molecular weight is 369 g/mol. The normalized spacial score (nSPS) is 18.3. The molecule has 2 aromatic heterocycles. The lowest BCUT2D eigenvalue weighted by Gasteiger charge is -2.40. The zero-order chi connectivity index (χ0) is 18.9. The highest BCUT2D eigenvalue weighted by Crippen LogP contribution is 2.35. The molecule has 0 bridgehead atoms. The molecular weight excluding hydrogens is 342 g/mol. The number of rotatable bonds is 4. The molecule has 0 radical (unpaired) electrons. The van der Waals surface area contributed by atoms with Crippen LogP contribution in [-0.4, -0.2) is 40.2 Å². The van der Waals surface area contributed by atoms with Gasteiger partial charge >= 0.3 is 0 Å². The monoisotopic (exact) mass is 369 g/mol. The third kappa shape index (κ3) is 3.75. The number of amides is 1. The number of imidazole rings is 1. The number of fused-ring (bicyclic) bond motifs is 2. The van der Waals surface area contributed by atoms with Crippen LogP contribution >= 0.6 is 0 Å². The zero-order valence-corrected chi connectivity index (χ0v) is 16.0. The van der Waals surface area contributed by atoms with Crippen LogP contribution < -0.4 is 10.6 Å². The summed E-state index contributed by atoms with van der Waals surface area (Å²) in [4.78, 5) is 21.6. The van der Waals surface area contributed by atoms with Crippen molar-refractivity contribution in [2.75, 3.05) is 19.8 Å². The lowest BCUT2D eigenvalue weighted by atomic mass is 9.82. The molecule has 0 aliphatic carbocycles. The number of aromatic nitrogens is 3. The fourth-order valence-corrected chi connectivity index (χ4v) is 4.28. The minimum Gasteiger partial charge on any atom is -0.381 e. The second-order valence-corrected chi connectivity index (χ2v) is 7.57. The van der Waals surface area contributed by atoms with Gasteiger partial charge in [-0.15, -0.1) is 0 Å². The van der Waals surface area contributed by atoms with E-state index in [0.717, 1.165) is 61.7 Å². The molecule has 1 amide bonds. The molecule has 0 aromatic carbocycles. The number of nitrogens with zero attached hydrogens (tertiary/aromatic N) is 3. The molecule has 7 heteroatoms. The van der Waals surface area contributed by atoms with Crippen molar-refractivity contribution in [3.05, 3.63) is 46.8 Å². The van der Waals surface area contributed by atoms with Crippen molar-refractivity contribution in [2.45, 2.75) is 51.7 Å². The molecule has 4 rings (SSSR count). The number of aryl methyl sites for hydroxylation is 2. The number of hydrogen-bond donors (Lipinski definition) is 2. The van der Waals surface area contributed by atoms with Gasteiger partial charge in [-0.3, -0.25) is 9.78 Å². The first-order valence-corrected chi connectivity index (χ1v) is 9.64. The van der Waals surface area contributed by atoms with E-state index >= 15 is 0 Å². The first-order chi connectivity index (χ1) is 13.1. The summed E-state index contributed by atoms with van der Waals surface area (Å²) in [6, 6.07) is 4.01. The van der Waals surface area contributed by atoms with Gasteiger partial charge in [-0.2, -0.15) is 0 Å². The van der Waals surface area contributed by atoms with Gasteiger partial charge < -0.3 is 19.9 Å². The summed E-state index contributed by atoms with van der Waals surface area (Å²) < 4.78 is 7.54. The number of pyridine rings is 1. The Labute approximate surface area is 159 Å². The molecule has 7 nitrogen and oxygen atoms in total. The average Bonchev–Trinajstić information content (AvgIpc) is 3.05. The molecule has 1 spiro atoms. The van der Waals surface area contributed by atoms with E-state index in [1.807, 2.05) is 36.9 Å². The van der Waals surface area contributed by atoms with Crippen LogP contribution in [0.2, 0.25) is 0 Å². The minimum absolute atomic E-state index is 0.00174. The van der Waals surface area contributed by atoms with Gasteiger partial charge in [0.15, 0.2) is 0 Å². The summed E-state index contributed by atoms with van der Waals surface area (Å²) in [5.74, 6) is 0.00174. The standard InChI is InChI=1S/C20H27N5O2/c1-14-9-16(10-15(2)24-14)11-21-18(26)12-25-13-22-19-17(25)3-6-23-20(19)4-7-27-8-5-20/h9-10,13,23H,3-8,11-12H2,1-2H3,(H,21,26). The van der Waals surface area contributed by atoms with Crippen molar-refractivity contribution in [1.29, 1.82) is 0 Å². The molecule has 2 aliphatic rings. The summed E-state index contributed by atoms with van der Waals surface area (Å²) in [5, 5.41) is 6.67. The summed E-state index contributed by atoms with van der Waals surface area (Å²) >= 11 is 0. The molecule has 144 valence electrons. The van der Waals surface area contributed by atoms with Gasteiger partial charge in [-0.1, -0.05) is 0 Å². The van der Waals surface area contributed by atoms with E-state index in [2.05, 4.69) is 20.6 Å². The molecule has 1 fully saturated rings. The van der Waals surface area contributed by atoms with E-state index in [0.29, 0.717) is 13.1 Å². The Bertz CT molecular complexity index is 819. The third-order valence-corrected chi connectivity index (χ3v) is 5.52. The number of nitrogens with one attached hydrogen (secondary N) is 2. The maximum absolute atomic E-state index is 12.5. The van der Waals surface area contributed by atoms with Crippen LogP contribution in [0, 0.1) is 13.8 Å². The maximum Gasteiger partial charge on any atom is 0.240 e. The first kappa shape index (κ1) is 18.1. The highest BCUT2D eigenvalue weighted by molar-refractivity contribution is 5.75. The molecule has 2 aromatic rings. The van der Waals surface area contributed by atoms with E-state index in [1.54, 1.807) is 0 Å². The lowest BCUT2D eigenvalue weighted by molar-refractivity contribution is -0.121. The van der Waals surface area contributed by atoms with Crippen LogP contribution in [0.15, 0.2) is 18.5 Å². The molecular formula is C20H27N5O2. The lowest BCUT2D eigenvalue weighted by Crippen LogP contribution is -2.51. The second kappa shape index (κ2) is 7.40. The molecule has 2 aliphatic heterocycles. The van der Waals surface area contributed by atoms with Crippen LogP contribution in [0.5, 0.6) is 0 Å². The Kier molecular flexibility index (Phi) is 4.97. The largest absolute Gasteiger partial charge is 0.381 e. The Morgan fingerprint density at radius 2 is 2.04 bits per heavy atom. The zero-order valence-electron chi connectivity index (χ0n) is 16.0. The summed E-state index contributed by atoms with van der Waals surface area (Å²) in [7, 11) is 0. The van der Waals surface area contributed by atoms with E-state index in [4.69, 9.17) is 4.74 Å². The Hall–Kier alpha value is -2.25. The predicted molar refractivity (Wildman–Crippen MR) is 101 cm³/mol. The van der Waals surface area contributed by atoms with Crippen LogP contribution in [0.25, 0.3) is 0 Å². The molecule has 0 saturated carbocycles. The van der Waals surface area contributed by atoms with Crippen molar-refractivity contribution in [3.63, 3.8) is 0 Å². The smallest absolute Gasteiger partial charge is 0.240 e. The van der Waals surface area contributed by atoms with Crippen molar-refractivity contribution < 1.29 is 9.53 Å². The Balaban J connectivity index is 1.43. The predicted octanol–water partition coefficient (Wildman–Crippen LogP) is 1.36. The van der Waals surface area contributed by atoms with E-state index in [9.17, 15) is 4.79 Å². The van der Waals surface area contributed by atoms with Gasteiger partial charge in [0.05, 0.1) is 17.6 Å². The molecule has 0 atom stereocenters. The number of hydrogen-bond acceptors (Lipinski definition) is 5. The Morgan fingerprint density at radius 3 is 2.78 bits per heavy atom. The van der Waals surface area contributed by atoms with Crippen molar-refractivity contribution in [1.82, 2.24) is 25.2 Å². The van der Waals surface area contributed by atoms with Gasteiger partial charge in [0, 0.05) is 49.8 Å². The van der Waals surface area contributed by atoms with Gasteiger partial charge in [0.2, 0.25) is 5.91 Å². The van der Waals surface area contributed by atoms with E-state index in [-0.39, 0.29) is 11.4 Å². The van der Waals surface area contributed by atoms with Gasteiger partial charge in [0.25, 0.3) is 0 Å². The molecule has 1 saturated heterocycles. The summed E-state index contributed by atoms with van der Waals surface area (Å²) in [5.41, 5.74) is 5.21. The van der Waals surface area contributed by atoms with Crippen molar-refractivity contribution >= 4 is 5.91 Å². The minimum atomic E-state index is -0.0837. The van der Waals surface area contributed by atoms with Crippen LogP contribution in [0.1, 0.15) is 41.2 Å². The Morgan fingerprint density at radius 1 is 1.30 bits per heavy atom. The summed E-state index contributed by atoms with van der Waals surface area (Å²) in [6.07, 6.45) is 4.58. The topological polar surface area (TPSA) is 81.1 Å². The molecule has 27 heavy (non-hydrogen) atoms.